The topological polar surface area (TPSA) is 33.0 Å². The fraction of sp³-hybridized carbons (Fsp3) is 0.294. The van der Waals surface area contributed by atoms with Crippen LogP contribution in [0.15, 0.2) is 48.7 Å². The van der Waals surface area contributed by atoms with E-state index in [1.54, 1.807) is 0 Å². The number of carbonyl (C=O) groups excluding carboxylic acids is 1. The molecule has 1 aromatic carbocycles. The molecule has 20 heavy (non-hydrogen) atoms. The number of aryl methyl sites for hydroxylation is 2. The van der Waals surface area contributed by atoms with Gasteiger partial charge in [0, 0.05) is 31.7 Å². The largest absolute Gasteiger partial charge is 0.320 e. The Bertz CT molecular complexity index is 590. The second-order valence-corrected chi connectivity index (χ2v) is 4.96. The number of nitrogens with one attached hydrogen (secondary N) is 1. The number of amides is 1. The molecule has 1 heterocycles. The van der Waals surface area contributed by atoms with Crippen molar-refractivity contribution in [3.05, 3.63) is 59.9 Å². The number of hydrogen-bond donors (Lipinski definition) is 1. The average molecular weight is 269 g/mol. The van der Waals surface area contributed by atoms with Gasteiger partial charge in [-0.15, -0.1) is 0 Å². The van der Waals surface area contributed by atoms with Crippen LogP contribution in [0, 0.1) is 6.92 Å². The van der Waals surface area contributed by atoms with E-state index >= 15 is 0 Å². The summed E-state index contributed by atoms with van der Waals surface area (Å²) in [5, 5.41) is 2.96. The minimum atomic E-state index is -0.234. The molecule has 1 N–H and O–H groups in total. The van der Waals surface area contributed by atoms with Crippen molar-refractivity contribution < 1.29 is 9.36 Å². The van der Waals surface area contributed by atoms with Crippen molar-refractivity contribution in [2.24, 2.45) is 0 Å². The Morgan fingerprint density at radius 3 is 2.50 bits per heavy atom. The Morgan fingerprint density at radius 1 is 1.20 bits per heavy atom. The number of hydrogen-bond acceptors (Lipinski definition) is 1. The van der Waals surface area contributed by atoms with Crippen LogP contribution in [0.25, 0.3) is 0 Å². The summed E-state index contributed by atoms with van der Waals surface area (Å²) in [6.07, 6.45) is 2.93. The molecular weight excluding hydrogens is 248 g/mol. The maximum absolute atomic E-state index is 12.3. The first-order chi connectivity index (χ1) is 9.61. The van der Waals surface area contributed by atoms with E-state index < -0.39 is 0 Å². The number of carbonyl (C=O) groups is 1. The van der Waals surface area contributed by atoms with Crippen LogP contribution < -0.4 is 9.88 Å². The molecule has 2 rings (SSSR count). The smallest absolute Gasteiger partial charge is 0.293 e. The molecule has 3 heteroatoms. The first-order valence-electron chi connectivity index (χ1n) is 6.98. The molecule has 104 valence electrons. The molecule has 0 aliphatic rings. The van der Waals surface area contributed by atoms with Gasteiger partial charge in [0.15, 0.2) is 11.9 Å². The van der Waals surface area contributed by atoms with Gasteiger partial charge in [-0.05, 0) is 24.1 Å². The van der Waals surface area contributed by atoms with Gasteiger partial charge in [0.1, 0.15) is 0 Å². The van der Waals surface area contributed by atoms with Gasteiger partial charge in [0.2, 0.25) is 6.04 Å². The lowest BCUT2D eigenvalue weighted by Gasteiger charge is -2.10. The standard InChI is InChI=1S/C17H20N2O/c1-4-15-8-10-16(11-9-15)18-17(20)14(3)19-12-6-5-7-13(19)2/h5-12,14H,4H2,1-3H3/p+1/t14-/m1/s1. The summed E-state index contributed by atoms with van der Waals surface area (Å²) in [6, 6.07) is 13.7. The average Bonchev–Trinajstić information content (AvgIpc) is 2.48. The number of anilines is 1. The summed E-state index contributed by atoms with van der Waals surface area (Å²) < 4.78 is 1.97. The second-order valence-electron chi connectivity index (χ2n) is 4.96. The molecule has 0 unspecified atom stereocenters. The molecule has 1 amide bonds. The van der Waals surface area contributed by atoms with E-state index in [0.29, 0.717) is 0 Å². The Morgan fingerprint density at radius 2 is 1.90 bits per heavy atom. The van der Waals surface area contributed by atoms with Crippen LogP contribution in [0.4, 0.5) is 5.69 Å². The van der Waals surface area contributed by atoms with E-state index in [4.69, 9.17) is 0 Å². The molecule has 2 aromatic rings. The molecule has 0 bridgehead atoms. The Hall–Kier alpha value is -2.16. The lowest BCUT2D eigenvalue weighted by atomic mass is 10.1. The van der Waals surface area contributed by atoms with Crippen molar-refractivity contribution >= 4 is 11.6 Å². The molecule has 0 aliphatic carbocycles. The van der Waals surface area contributed by atoms with Crippen LogP contribution in [0.5, 0.6) is 0 Å². The minimum Gasteiger partial charge on any atom is -0.320 e. The zero-order valence-corrected chi connectivity index (χ0v) is 12.3. The predicted molar refractivity (Wildman–Crippen MR) is 80.5 cm³/mol. The summed E-state index contributed by atoms with van der Waals surface area (Å²) in [6.45, 7) is 6.02. The fourth-order valence-corrected chi connectivity index (χ4v) is 2.17. The first kappa shape index (κ1) is 14.3. The number of benzene rings is 1. The molecule has 0 spiro atoms. The molecule has 3 nitrogen and oxygen atoms in total. The molecular formula is C17H21N2O+. The number of rotatable bonds is 4. The molecule has 1 atom stereocenters. The van der Waals surface area contributed by atoms with Crippen LogP contribution in [-0.2, 0) is 11.2 Å². The zero-order valence-electron chi connectivity index (χ0n) is 12.3. The number of pyridine rings is 1. The molecule has 1 aromatic heterocycles. The van der Waals surface area contributed by atoms with Crippen molar-refractivity contribution in [3.8, 4) is 0 Å². The van der Waals surface area contributed by atoms with E-state index in [-0.39, 0.29) is 11.9 Å². The lowest BCUT2D eigenvalue weighted by molar-refractivity contribution is -0.711. The van der Waals surface area contributed by atoms with Gasteiger partial charge < -0.3 is 5.32 Å². The highest BCUT2D eigenvalue weighted by Gasteiger charge is 2.23. The summed E-state index contributed by atoms with van der Waals surface area (Å²) in [5.41, 5.74) is 3.18. The predicted octanol–water partition coefficient (Wildman–Crippen LogP) is 3.04. The van der Waals surface area contributed by atoms with Crippen LogP contribution in [0.3, 0.4) is 0 Å². The van der Waals surface area contributed by atoms with Crippen molar-refractivity contribution in [2.45, 2.75) is 33.2 Å². The molecule has 0 fully saturated rings. The highest BCUT2D eigenvalue weighted by Crippen LogP contribution is 2.11. The third kappa shape index (κ3) is 3.23. The van der Waals surface area contributed by atoms with E-state index in [0.717, 1.165) is 17.8 Å². The summed E-state index contributed by atoms with van der Waals surface area (Å²) >= 11 is 0. The van der Waals surface area contributed by atoms with Gasteiger partial charge >= 0.3 is 0 Å². The van der Waals surface area contributed by atoms with Gasteiger partial charge in [-0.2, -0.15) is 4.57 Å². The Labute approximate surface area is 120 Å². The maximum atomic E-state index is 12.3. The number of nitrogens with zero attached hydrogens (tertiary/aromatic N) is 1. The van der Waals surface area contributed by atoms with Gasteiger partial charge in [-0.25, -0.2) is 0 Å². The van der Waals surface area contributed by atoms with E-state index in [1.807, 2.05) is 67.1 Å². The fourth-order valence-electron chi connectivity index (χ4n) is 2.17. The van der Waals surface area contributed by atoms with Gasteiger partial charge in [0.05, 0.1) is 0 Å². The lowest BCUT2D eigenvalue weighted by Crippen LogP contribution is -2.46. The van der Waals surface area contributed by atoms with Gasteiger partial charge in [-0.1, -0.05) is 25.1 Å². The first-order valence-corrected chi connectivity index (χ1v) is 6.98. The van der Waals surface area contributed by atoms with Crippen LogP contribution >= 0.6 is 0 Å². The summed E-state index contributed by atoms with van der Waals surface area (Å²) in [7, 11) is 0. The highest BCUT2D eigenvalue weighted by molar-refractivity contribution is 5.92. The molecule has 0 saturated carbocycles. The highest BCUT2D eigenvalue weighted by atomic mass is 16.2. The third-order valence-electron chi connectivity index (χ3n) is 3.53. The van der Waals surface area contributed by atoms with Crippen LogP contribution in [0.1, 0.15) is 31.1 Å². The van der Waals surface area contributed by atoms with Crippen LogP contribution in [-0.4, -0.2) is 5.91 Å². The van der Waals surface area contributed by atoms with E-state index in [9.17, 15) is 4.79 Å². The normalized spacial score (nSPS) is 11.9. The van der Waals surface area contributed by atoms with Gasteiger partial charge in [-0.3, -0.25) is 4.79 Å². The SMILES string of the molecule is CCc1ccc(NC(=O)[C@@H](C)[n+]2ccccc2C)cc1. The van der Waals surface area contributed by atoms with E-state index in [1.165, 1.54) is 5.56 Å². The maximum Gasteiger partial charge on any atom is 0.293 e. The van der Waals surface area contributed by atoms with Crippen molar-refractivity contribution in [1.82, 2.24) is 0 Å². The minimum absolute atomic E-state index is 0.00597. The molecule has 0 aliphatic heterocycles. The molecule has 0 radical (unpaired) electrons. The monoisotopic (exact) mass is 269 g/mol. The van der Waals surface area contributed by atoms with Crippen LogP contribution in [0.2, 0.25) is 0 Å². The quantitative estimate of drug-likeness (QED) is 0.850. The van der Waals surface area contributed by atoms with Crippen molar-refractivity contribution in [2.75, 3.05) is 5.32 Å². The van der Waals surface area contributed by atoms with E-state index in [2.05, 4.69) is 12.2 Å². The van der Waals surface area contributed by atoms with Crippen molar-refractivity contribution in [1.29, 1.82) is 0 Å². The molecule has 0 saturated heterocycles. The third-order valence-corrected chi connectivity index (χ3v) is 3.53. The van der Waals surface area contributed by atoms with Gasteiger partial charge in [0.25, 0.3) is 5.91 Å². The Kier molecular flexibility index (Phi) is 4.51. The second kappa shape index (κ2) is 6.33. The zero-order chi connectivity index (χ0) is 14.5. The number of aromatic nitrogens is 1. The Balaban J connectivity index is 2.09. The summed E-state index contributed by atoms with van der Waals surface area (Å²) in [4.78, 5) is 12.3. The summed E-state index contributed by atoms with van der Waals surface area (Å²) in [5.74, 6) is -0.00597. The van der Waals surface area contributed by atoms with Crippen molar-refractivity contribution in [3.63, 3.8) is 0 Å².